The van der Waals surface area contributed by atoms with Crippen molar-refractivity contribution in [1.29, 1.82) is 0 Å². The van der Waals surface area contributed by atoms with E-state index < -0.39 is 0 Å². The van der Waals surface area contributed by atoms with Gasteiger partial charge < -0.3 is 10.2 Å². The highest BCUT2D eigenvalue weighted by Crippen LogP contribution is 2.30. The molecule has 106 valence electrons. The lowest BCUT2D eigenvalue weighted by Crippen LogP contribution is -2.26. The molecule has 1 aromatic carbocycles. The van der Waals surface area contributed by atoms with Gasteiger partial charge in [0.25, 0.3) is 0 Å². The lowest BCUT2D eigenvalue weighted by Gasteiger charge is -2.27. The van der Waals surface area contributed by atoms with Crippen LogP contribution in [0.2, 0.25) is 5.02 Å². The molecule has 1 fully saturated rings. The number of halogens is 1. The van der Waals surface area contributed by atoms with Gasteiger partial charge in [-0.1, -0.05) is 37.3 Å². The number of rotatable bonds is 3. The molecule has 1 aliphatic heterocycles. The van der Waals surface area contributed by atoms with E-state index >= 15 is 0 Å². The fourth-order valence-corrected chi connectivity index (χ4v) is 2.95. The zero-order chi connectivity index (χ0) is 13.5. The lowest BCUT2D eigenvalue weighted by molar-refractivity contribution is 0.636. The van der Waals surface area contributed by atoms with Gasteiger partial charge in [-0.3, -0.25) is 0 Å². The zero-order valence-electron chi connectivity index (χ0n) is 11.9. The molecule has 1 saturated heterocycles. The fraction of sp³-hybridized carbons (Fsp3) is 0.625. The summed E-state index contributed by atoms with van der Waals surface area (Å²) < 4.78 is 0. The third-order valence-electron chi connectivity index (χ3n) is 3.77. The Labute approximate surface area is 122 Å². The average molecular weight is 281 g/mol. The predicted molar refractivity (Wildman–Crippen MR) is 85.5 cm³/mol. The Hall–Kier alpha value is -0.890. The molecule has 0 saturated carbocycles. The smallest absolute Gasteiger partial charge is 0.0603 e. The van der Waals surface area contributed by atoms with Gasteiger partial charge in [0.1, 0.15) is 0 Å². The van der Waals surface area contributed by atoms with Crippen molar-refractivity contribution >= 4 is 23.0 Å². The second kappa shape index (κ2) is 7.64. The van der Waals surface area contributed by atoms with Gasteiger partial charge in [0, 0.05) is 24.7 Å². The molecular formula is C16H25ClN2. The second-order valence-corrected chi connectivity index (χ2v) is 5.74. The predicted octanol–water partition coefficient (Wildman–Crippen LogP) is 4.93. The van der Waals surface area contributed by atoms with Crippen molar-refractivity contribution in [2.45, 2.75) is 45.4 Å². The van der Waals surface area contributed by atoms with E-state index in [1.807, 2.05) is 12.1 Å². The molecule has 19 heavy (non-hydrogen) atoms. The highest BCUT2D eigenvalue weighted by Gasteiger charge is 2.12. The summed E-state index contributed by atoms with van der Waals surface area (Å²) in [5, 5.41) is 4.25. The van der Waals surface area contributed by atoms with E-state index in [9.17, 15) is 0 Å². The van der Waals surface area contributed by atoms with Crippen LogP contribution < -0.4 is 10.2 Å². The number of benzene rings is 1. The van der Waals surface area contributed by atoms with Gasteiger partial charge in [-0.05, 0) is 38.0 Å². The van der Waals surface area contributed by atoms with Crippen molar-refractivity contribution in [2.75, 3.05) is 29.9 Å². The number of nitrogens with one attached hydrogen (secondary N) is 1. The number of hydrogen-bond acceptors (Lipinski definition) is 2. The molecule has 0 unspecified atom stereocenters. The number of anilines is 2. The summed E-state index contributed by atoms with van der Waals surface area (Å²) in [6.07, 6.45) is 8.12. The van der Waals surface area contributed by atoms with Crippen LogP contribution in [-0.4, -0.2) is 19.6 Å². The van der Waals surface area contributed by atoms with Crippen molar-refractivity contribution < 1.29 is 0 Å². The molecule has 1 aromatic rings. The largest absolute Gasteiger partial charge is 0.384 e. The van der Waals surface area contributed by atoms with Crippen molar-refractivity contribution in [3.05, 3.63) is 23.2 Å². The summed E-state index contributed by atoms with van der Waals surface area (Å²) in [6, 6.07) is 6.22. The van der Waals surface area contributed by atoms with Crippen molar-refractivity contribution in [3.63, 3.8) is 0 Å². The first-order valence-electron chi connectivity index (χ1n) is 7.59. The molecule has 0 spiro atoms. The first kappa shape index (κ1) is 14.5. The van der Waals surface area contributed by atoms with E-state index in [-0.39, 0.29) is 0 Å². The second-order valence-electron chi connectivity index (χ2n) is 5.30. The highest BCUT2D eigenvalue weighted by molar-refractivity contribution is 6.31. The number of hydrogen-bond donors (Lipinski definition) is 1. The Balaban J connectivity index is 2.16. The molecule has 0 bridgehead atoms. The van der Waals surface area contributed by atoms with E-state index in [1.165, 1.54) is 63.0 Å². The van der Waals surface area contributed by atoms with Crippen LogP contribution in [0.1, 0.15) is 45.4 Å². The molecule has 1 N–H and O–H groups in total. The van der Waals surface area contributed by atoms with Gasteiger partial charge in [-0.25, -0.2) is 0 Å². The summed E-state index contributed by atoms with van der Waals surface area (Å²) in [4.78, 5) is 2.53. The average Bonchev–Trinajstić information content (AvgIpc) is 2.53. The first-order valence-corrected chi connectivity index (χ1v) is 7.97. The SMILES string of the molecule is CCNc1cc(Cl)ccc1N1CCCCCCCC1. The first-order chi connectivity index (χ1) is 9.31. The maximum Gasteiger partial charge on any atom is 0.0603 e. The van der Waals surface area contributed by atoms with Crippen LogP contribution in [-0.2, 0) is 0 Å². The third-order valence-corrected chi connectivity index (χ3v) is 4.01. The topological polar surface area (TPSA) is 15.3 Å². The summed E-state index contributed by atoms with van der Waals surface area (Å²) >= 11 is 6.12. The van der Waals surface area contributed by atoms with Crippen LogP contribution in [0.15, 0.2) is 18.2 Å². The maximum absolute atomic E-state index is 6.12. The Kier molecular flexibility index (Phi) is 5.84. The van der Waals surface area contributed by atoms with Crippen LogP contribution in [0.5, 0.6) is 0 Å². The molecule has 2 nitrogen and oxygen atoms in total. The minimum absolute atomic E-state index is 0.809. The maximum atomic E-state index is 6.12. The summed E-state index contributed by atoms with van der Waals surface area (Å²) in [6.45, 7) is 5.39. The summed E-state index contributed by atoms with van der Waals surface area (Å²) in [5.41, 5.74) is 2.49. The zero-order valence-corrected chi connectivity index (χ0v) is 12.7. The van der Waals surface area contributed by atoms with E-state index in [4.69, 9.17) is 11.6 Å². The molecule has 0 amide bonds. The Morgan fingerprint density at radius 1 is 1.05 bits per heavy atom. The normalized spacial score (nSPS) is 17.5. The molecule has 0 aliphatic carbocycles. The molecule has 0 aromatic heterocycles. The number of nitrogens with zero attached hydrogens (tertiary/aromatic N) is 1. The molecule has 3 heteroatoms. The summed E-state index contributed by atoms with van der Waals surface area (Å²) in [5.74, 6) is 0. The molecule has 0 atom stereocenters. The monoisotopic (exact) mass is 280 g/mol. The molecule has 1 aliphatic rings. The highest BCUT2D eigenvalue weighted by atomic mass is 35.5. The Morgan fingerprint density at radius 3 is 2.32 bits per heavy atom. The summed E-state index contributed by atoms with van der Waals surface area (Å²) in [7, 11) is 0. The lowest BCUT2D eigenvalue weighted by atomic mass is 10.1. The van der Waals surface area contributed by atoms with Gasteiger partial charge in [0.15, 0.2) is 0 Å². The van der Waals surface area contributed by atoms with Gasteiger partial charge in [-0.15, -0.1) is 0 Å². The minimum Gasteiger partial charge on any atom is -0.384 e. The Morgan fingerprint density at radius 2 is 1.68 bits per heavy atom. The van der Waals surface area contributed by atoms with Gasteiger partial charge in [-0.2, -0.15) is 0 Å². The van der Waals surface area contributed by atoms with Crippen molar-refractivity contribution in [3.8, 4) is 0 Å². The molecular weight excluding hydrogens is 256 g/mol. The van der Waals surface area contributed by atoms with Gasteiger partial charge >= 0.3 is 0 Å². The Bertz CT molecular complexity index is 382. The van der Waals surface area contributed by atoms with Crippen LogP contribution in [0.4, 0.5) is 11.4 Å². The van der Waals surface area contributed by atoms with E-state index in [1.54, 1.807) is 0 Å². The van der Waals surface area contributed by atoms with Gasteiger partial charge in [0.05, 0.1) is 11.4 Å². The van der Waals surface area contributed by atoms with Crippen LogP contribution in [0.25, 0.3) is 0 Å². The van der Waals surface area contributed by atoms with Crippen LogP contribution >= 0.6 is 11.6 Å². The van der Waals surface area contributed by atoms with E-state index in [0.29, 0.717) is 0 Å². The van der Waals surface area contributed by atoms with Crippen LogP contribution in [0, 0.1) is 0 Å². The van der Waals surface area contributed by atoms with Crippen molar-refractivity contribution in [2.24, 2.45) is 0 Å². The quantitative estimate of drug-likeness (QED) is 0.844. The van der Waals surface area contributed by atoms with E-state index in [0.717, 1.165) is 11.6 Å². The van der Waals surface area contributed by atoms with Crippen LogP contribution in [0.3, 0.4) is 0 Å². The fourth-order valence-electron chi connectivity index (χ4n) is 2.78. The van der Waals surface area contributed by atoms with Crippen molar-refractivity contribution in [1.82, 2.24) is 0 Å². The standard InChI is InChI=1S/C16H25ClN2/c1-2-18-15-13-14(17)9-10-16(15)19-11-7-5-3-4-6-8-12-19/h9-10,13,18H,2-8,11-12H2,1H3. The molecule has 1 heterocycles. The van der Waals surface area contributed by atoms with Gasteiger partial charge in [0.2, 0.25) is 0 Å². The van der Waals surface area contributed by atoms with E-state index in [2.05, 4.69) is 23.2 Å². The third kappa shape index (κ3) is 4.31. The minimum atomic E-state index is 0.809. The molecule has 0 radical (unpaired) electrons. The molecule has 2 rings (SSSR count).